The van der Waals surface area contributed by atoms with Gasteiger partial charge in [0.2, 0.25) is 0 Å². The normalized spacial score (nSPS) is 9.47. The number of carbonyl (C=O) groups excluding carboxylic acids is 2. The van der Waals surface area contributed by atoms with Crippen LogP contribution in [-0.2, 0) is 9.53 Å². The van der Waals surface area contributed by atoms with Crippen LogP contribution in [0.3, 0.4) is 0 Å². The molecule has 0 bridgehead atoms. The predicted octanol–water partition coefficient (Wildman–Crippen LogP) is 1.62. The summed E-state index contributed by atoms with van der Waals surface area (Å²) >= 11 is 5.10. The Balaban J connectivity index is 2.74. The van der Waals surface area contributed by atoms with E-state index in [-0.39, 0.29) is 6.61 Å². The molecule has 15 heavy (non-hydrogen) atoms. The Morgan fingerprint density at radius 2 is 2.13 bits per heavy atom. The molecule has 4 nitrogen and oxygen atoms in total. The first-order chi connectivity index (χ1) is 7.13. The number of rotatable bonds is 4. The van der Waals surface area contributed by atoms with Gasteiger partial charge in [-0.15, -0.1) is 0 Å². The van der Waals surface area contributed by atoms with Crippen LogP contribution in [0.25, 0.3) is 0 Å². The topological polar surface area (TPSA) is 52.6 Å². The molecule has 0 aliphatic rings. The second-order valence-electron chi connectivity index (χ2n) is 2.66. The van der Waals surface area contributed by atoms with Gasteiger partial charge in [0, 0.05) is 0 Å². The van der Waals surface area contributed by atoms with Gasteiger partial charge in [-0.1, -0.05) is 6.07 Å². The van der Waals surface area contributed by atoms with E-state index in [0.29, 0.717) is 11.3 Å². The van der Waals surface area contributed by atoms with E-state index in [0.717, 1.165) is 0 Å². The smallest absolute Gasteiger partial charge is 0.337 e. The van der Waals surface area contributed by atoms with Gasteiger partial charge in [0.05, 0.1) is 12.7 Å². The van der Waals surface area contributed by atoms with E-state index in [9.17, 15) is 9.59 Å². The lowest BCUT2D eigenvalue weighted by Gasteiger charge is -2.04. The highest BCUT2D eigenvalue weighted by Gasteiger charge is 2.06. The molecule has 0 aromatic heterocycles. The average molecular weight is 229 g/mol. The zero-order valence-electron chi connectivity index (χ0n) is 8.03. The summed E-state index contributed by atoms with van der Waals surface area (Å²) in [6, 6.07) is 6.30. The summed E-state index contributed by atoms with van der Waals surface area (Å²) in [6.45, 7) is -0.230. The van der Waals surface area contributed by atoms with E-state index < -0.39 is 11.2 Å². The largest absolute Gasteiger partial charge is 0.484 e. The highest BCUT2D eigenvalue weighted by Crippen LogP contribution is 2.14. The third-order valence-electron chi connectivity index (χ3n) is 1.61. The van der Waals surface area contributed by atoms with E-state index in [2.05, 4.69) is 4.74 Å². The van der Waals surface area contributed by atoms with Crippen LogP contribution in [0.5, 0.6) is 5.75 Å². The first-order valence-electron chi connectivity index (χ1n) is 4.13. The number of benzene rings is 1. The van der Waals surface area contributed by atoms with Crippen molar-refractivity contribution >= 4 is 22.8 Å². The Morgan fingerprint density at radius 3 is 2.73 bits per heavy atom. The van der Waals surface area contributed by atoms with Gasteiger partial charge >= 0.3 is 5.97 Å². The molecule has 0 fully saturated rings. The van der Waals surface area contributed by atoms with Crippen LogP contribution >= 0.6 is 11.6 Å². The monoisotopic (exact) mass is 228 g/mol. The summed E-state index contributed by atoms with van der Waals surface area (Å²) in [4.78, 5) is 21.6. The number of ether oxygens (including phenoxy) is 2. The van der Waals surface area contributed by atoms with Gasteiger partial charge in [-0.05, 0) is 29.8 Å². The Morgan fingerprint density at radius 1 is 1.40 bits per heavy atom. The van der Waals surface area contributed by atoms with Crippen molar-refractivity contribution in [1.82, 2.24) is 0 Å². The predicted molar refractivity (Wildman–Crippen MR) is 54.1 cm³/mol. The van der Waals surface area contributed by atoms with Gasteiger partial charge in [0.25, 0.3) is 5.24 Å². The molecule has 0 amide bonds. The molecule has 0 unspecified atom stereocenters. The first-order valence-corrected chi connectivity index (χ1v) is 4.51. The summed E-state index contributed by atoms with van der Waals surface area (Å²) in [7, 11) is 1.29. The maximum Gasteiger partial charge on any atom is 0.337 e. The van der Waals surface area contributed by atoms with Crippen LogP contribution in [0, 0.1) is 0 Å². The molecule has 0 aliphatic heterocycles. The van der Waals surface area contributed by atoms with Crippen molar-refractivity contribution in [3.05, 3.63) is 29.8 Å². The Hall–Kier alpha value is -1.55. The molecule has 1 rings (SSSR count). The second-order valence-corrected chi connectivity index (χ2v) is 3.08. The summed E-state index contributed by atoms with van der Waals surface area (Å²) in [5, 5.41) is -0.599. The lowest BCUT2D eigenvalue weighted by atomic mass is 10.2. The summed E-state index contributed by atoms with van der Waals surface area (Å²) in [6.07, 6.45) is 0. The van der Waals surface area contributed by atoms with Gasteiger partial charge < -0.3 is 9.47 Å². The van der Waals surface area contributed by atoms with Gasteiger partial charge in [-0.2, -0.15) is 0 Å². The quantitative estimate of drug-likeness (QED) is 0.581. The average Bonchev–Trinajstić information content (AvgIpc) is 2.25. The zero-order valence-corrected chi connectivity index (χ0v) is 8.78. The number of carbonyl (C=O) groups is 2. The summed E-state index contributed by atoms with van der Waals surface area (Å²) < 4.78 is 9.54. The number of esters is 1. The van der Waals surface area contributed by atoms with Crippen molar-refractivity contribution < 1.29 is 19.1 Å². The number of hydrogen-bond donors (Lipinski definition) is 0. The molecule has 0 spiro atoms. The Bertz CT molecular complexity index is 375. The minimum absolute atomic E-state index is 0.230. The molecule has 0 heterocycles. The number of hydrogen-bond acceptors (Lipinski definition) is 4. The minimum Gasteiger partial charge on any atom is -0.484 e. The molecule has 5 heteroatoms. The van der Waals surface area contributed by atoms with Crippen LogP contribution in [0.15, 0.2) is 24.3 Å². The van der Waals surface area contributed by atoms with Crippen molar-refractivity contribution in [3.8, 4) is 5.75 Å². The van der Waals surface area contributed by atoms with Gasteiger partial charge in [-0.25, -0.2) is 4.79 Å². The fraction of sp³-hybridized carbons (Fsp3) is 0.200. The SMILES string of the molecule is COC(=O)c1cccc(OCC(=O)Cl)c1. The summed E-state index contributed by atoms with van der Waals surface area (Å²) in [5.41, 5.74) is 0.358. The highest BCUT2D eigenvalue weighted by atomic mass is 35.5. The molecule has 0 atom stereocenters. The molecule has 80 valence electrons. The third kappa shape index (κ3) is 3.59. The van der Waals surface area contributed by atoms with Crippen LogP contribution in [0.4, 0.5) is 0 Å². The molecular weight excluding hydrogens is 220 g/mol. The lowest BCUT2D eigenvalue weighted by Crippen LogP contribution is -2.06. The second kappa shape index (κ2) is 5.36. The molecule has 1 aromatic carbocycles. The van der Waals surface area contributed by atoms with Crippen molar-refractivity contribution in [3.63, 3.8) is 0 Å². The van der Waals surface area contributed by atoms with Gasteiger partial charge in [0.15, 0.2) is 6.61 Å². The Labute approximate surface area is 91.7 Å². The van der Waals surface area contributed by atoms with Crippen LogP contribution in [0.1, 0.15) is 10.4 Å². The molecule has 0 saturated carbocycles. The molecule has 0 N–H and O–H groups in total. The maximum atomic E-state index is 11.1. The van der Waals surface area contributed by atoms with Gasteiger partial charge in [-0.3, -0.25) is 4.79 Å². The minimum atomic E-state index is -0.599. The van der Waals surface area contributed by atoms with E-state index in [4.69, 9.17) is 16.3 Å². The highest BCUT2D eigenvalue weighted by molar-refractivity contribution is 6.63. The number of methoxy groups -OCH3 is 1. The van der Waals surface area contributed by atoms with E-state index in [1.807, 2.05) is 0 Å². The first kappa shape index (κ1) is 11.5. The van der Waals surface area contributed by atoms with E-state index in [1.165, 1.54) is 13.2 Å². The van der Waals surface area contributed by atoms with Crippen LogP contribution in [-0.4, -0.2) is 24.9 Å². The standard InChI is InChI=1S/C10H9ClO4/c1-14-10(13)7-3-2-4-8(5-7)15-6-9(11)12/h2-5H,6H2,1H3. The van der Waals surface area contributed by atoms with Crippen LogP contribution in [0.2, 0.25) is 0 Å². The molecular formula is C10H9ClO4. The van der Waals surface area contributed by atoms with Crippen LogP contribution < -0.4 is 4.74 Å². The van der Waals surface area contributed by atoms with Crippen molar-refractivity contribution in [2.75, 3.05) is 13.7 Å². The zero-order chi connectivity index (χ0) is 11.3. The van der Waals surface area contributed by atoms with E-state index in [1.54, 1.807) is 18.2 Å². The number of halogens is 1. The van der Waals surface area contributed by atoms with Crippen molar-refractivity contribution in [2.45, 2.75) is 0 Å². The summed E-state index contributed by atoms with van der Waals surface area (Å²) in [5.74, 6) is -0.0652. The van der Waals surface area contributed by atoms with Crippen molar-refractivity contribution in [2.24, 2.45) is 0 Å². The fourth-order valence-electron chi connectivity index (χ4n) is 0.971. The molecule has 0 aliphatic carbocycles. The van der Waals surface area contributed by atoms with Gasteiger partial charge in [0.1, 0.15) is 5.75 Å². The molecule has 0 saturated heterocycles. The third-order valence-corrected chi connectivity index (χ3v) is 1.72. The molecule has 0 radical (unpaired) electrons. The molecule has 1 aromatic rings. The lowest BCUT2D eigenvalue weighted by molar-refractivity contribution is -0.113. The maximum absolute atomic E-state index is 11.1. The Kier molecular flexibility index (Phi) is 4.12. The fourth-order valence-corrected chi connectivity index (χ4v) is 1.03. The van der Waals surface area contributed by atoms with Crippen molar-refractivity contribution in [1.29, 1.82) is 0 Å². The van der Waals surface area contributed by atoms with E-state index >= 15 is 0 Å².